The minimum Gasteiger partial charge on any atom is -0.494 e. The SMILES string of the molecule is CCOc1ccc(NC(=O)c2ccc(OCC)cc2)cc1. The predicted molar refractivity (Wildman–Crippen MR) is 83.2 cm³/mol. The molecule has 0 spiro atoms. The summed E-state index contributed by atoms with van der Waals surface area (Å²) >= 11 is 0. The highest BCUT2D eigenvalue weighted by Crippen LogP contribution is 2.17. The van der Waals surface area contributed by atoms with E-state index in [1.54, 1.807) is 24.3 Å². The number of nitrogens with one attached hydrogen (secondary N) is 1. The first kappa shape index (κ1) is 14.9. The first-order chi connectivity index (χ1) is 10.2. The van der Waals surface area contributed by atoms with Crippen molar-refractivity contribution in [3.8, 4) is 11.5 Å². The lowest BCUT2D eigenvalue weighted by molar-refractivity contribution is 0.102. The van der Waals surface area contributed by atoms with Crippen LogP contribution in [0.25, 0.3) is 0 Å². The molecule has 4 heteroatoms. The summed E-state index contributed by atoms with van der Waals surface area (Å²) in [5.41, 5.74) is 1.32. The molecule has 4 nitrogen and oxygen atoms in total. The Morgan fingerprint density at radius 3 is 1.81 bits per heavy atom. The van der Waals surface area contributed by atoms with Gasteiger partial charge in [0.25, 0.3) is 5.91 Å². The molecule has 0 aliphatic rings. The van der Waals surface area contributed by atoms with Crippen LogP contribution in [0, 0.1) is 0 Å². The Bertz CT molecular complexity index is 576. The first-order valence-corrected chi connectivity index (χ1v) is 7.00. The second kappa shape index (κ2) is 7.33. The Hall–Kier alpha value is -2.49. The van der Waals surface area contributed by atoms with E-state index in [1.165, 1.54) is 0 Å². The van der Waals surface area contributed by atoms with Gasteiger partial charge in [0, 0.05) is 11.3 Å². The molecule has 21 heavy (non-hydrogen) atoms. The maximum atomic E-state index is 12.1. The van der Waals surface area contributed by atoms with Crippen molar-refractivity contribution in [3.63, 3.8) is 0 Å². The van der Waals surface area contributed by atoms with Crippen LogP contribution in [0.4, 0.5) is 5.69 Å². The summed E-state index contributed by atoms with van der Waals surface area (Å²) in [5, 5.41) is 2.84. The molecule has 0 heterocycles. The summed E-state index contributed by atoms with van der Waals surface area (Å²) in [7, 11) is 0. The Morgan fingerprint density at radius 1 is 0.857 bits per heavy atom. The highest BCUT2D eigenvalue weighted by atomic mass is 16.5. The summed E-state index contributed by atoms with van der Waals surface area (Å²) in [6.07, 6.45) is 0. The smallest absolute Gasteiger partial charge is 0.255 e. The van der Waals surface area contributed by atoms with E-state index >= 15 is 0 Å². The van der Waals surface area contributed by atoms with Crippen molar-refractivity contribution < 1.29 is 14.3 Å². The lowest BCUT2D eigenvalue weighted by Crippen LogP contribution is -2.11. The third-order valence-corrected chi connectivity index (χ3v) is 2.85. The van der Waals surface area contributed by atoms with Gasteiger partial charge in [-0.1, -0.05) is 0 Å². The van der Waals surface area contributed by atoms with E-state index in [9.17, 15) is 4.79 Å². The molecule has 2 aromatic rings. The third kappa shape index (κ3) is 4.24. The van der Waals surface area contributed by atoms with Crippen LogP contribution in [0.5, 0.6) is 11.5 Å². The fraction of sp³-hybridized carbons (Fsp3) is 0.235. The quantitative estimate of drug-likeness (QED) is 0.879. The number of carbonyl (C=O) groups is 1. The van der Waals surface area contributed by atoms with Crippen LogP contribution in [-0.2, 0) is 0 Å². The van der Waals surface area contributed by atoms with Gasteiger partial charge in [-0.25, -0.2) is 0 Å². The molecule has 110 valence electrons. The van der Waals surface area contributed by atoms with Gasteiger partial charge in [0.05, 0.1) is 13.2 Å². The van der Waals surface area contributed by atoms with Crippen LogP contribution in [0.1, 0.15) is 24.2 Å². The molecule has 0 saturated carbocycles. The molecule has 0 aromatic heterocycles. The van der Waals surface area contributed by atoms with E-state index in [1.807, 2.05) is 38.1 Å². The fourth-order valence-corrected chi connectivity index (χ4v) is 1.87. The van der Waals surface area contributed by atoms with Gasteiger partial charge < -0.3 is 14.8 Å². The number of rotatable bonds is 6. The Balaban J connectivity index is 2.00. The Labute approximate surface area is 124 Å². The van der Waals surface area contributed by atoms with Gasteiger partial charge in [-0.2, -0.15) is 0 Å². The number of hydrogen-bond donors (Lipinski definition) is 1. The van der Waals surface area contributed by atoms with Crippen molar-refractivity contribution in [2.75, 3.05) is 18.5 Å². The molecule has 2 rings (SSSR count). The fourth-order valence-electron chi connectivity index (χ4n) is 1.87. The van der Waals surface area contributed by atoms with E-state index in [2.05, 4.69) is 5.32 Å². The van der Waals surface area contributed by atoms with E-state index in [4.69, 9.17) is 9.47 Å². The Kier molecular flexibility index (Phi) is 5.21. The molecule has 0 bridgehead atoms. The molecular weight excluding hydrogens is 266 g/mol. The normalized spacial score (nSPS) is 10.0. The van der Waals surface area contributed by atoms with Crippen LogP contribution < -0.4 is 14.8 Å². The van der Waals surface area contributed by atoms with Crippen LogP contribution in [0.15, 0.2) is 48.5 Å². The van der Waals surface area contributed by atoms with Crippen molar-refractivity contribution in [2.24, 2.45) is 0 Å². The molecule has 0 saturated heterocycles. The minimum atomic E-state index is -0.151. The molecule has 0 fully saturated rings. The van der Waals surface area contributed by atoms with E-state index in [0.29, 0.717) is 18.8 Å². The summed E-state index contributed by atoms with van der Waals surface area (Å²) < 4.78 is 10.7. The van der Waals surface area contributed by atoms with Crippen molar-refractivity contribution in [3.05, 3.63) is 54.1 Å². The van der Waals surface area contributed by atoms with Gasteiger partial charge in [0.15, 0.2) is 0 Å². The predicted octanol–water partition coefficient (Wildman–Crippen LogP) is 3.74. The maximum Gasteiger partial charge on any atom is 0.255 e. The topological polar surface area (TPSA) is 47.6 Å². The minimum absolute atomic E-state index is 0.151. The lowest BCUT2D eigenvalue weighted by atomic mass is 10.2. The molecule has 1 N–H and O–H groups in total. The summed E-state index contributed by atoms with van der Waals surface area (Å²) in [6, 6.07) is 14.4. The summed E-state index contributed by atoms with van der Waals surface area (Å²) in [6.45, 7) is 5.09. The molecule has 0 unspecified atom stereocenters. The second-order valence-corrected chi connectivity index (χ2v) is 4.37. The molecule has 0 aliphatic carbocycles. The molecule has 2 aromatic carbocycles. The van der Waals surface area contributed by atoms with Gasteiger partial charge >= 0.3 is 0 Å². The van der Waals surface area contributed by atoms with Crippen molar-refractivity contribution in [1.82, 2.24) is 0 Å². The number of hydrogen-bond acceptors (Lipinski definition) is 3. The van der Waals surface area contributed by atoms with E-state index < -0.39 is 0 Å². The lowest BCUT2D eigenvalue weighted by Gasteiger charge is -2.08. The average Bonchev–Trinajstić information content (AvgIpc) is 2.50. The number of anilines is 1. The zero-order valence-electron chi connectivity index (χ0n) is 12.3. The standard InChI is InChI=1S/C17H19NO3/c1-3-20-15-9-5-13(6-10-15)17(19)18-14-7-11-16(12-8-14)21-4-2/h5-12H,3-4H2,1-2H3,(H,18,19). The summed E-state index contributed by atoms with van der Waals surface area (Å²) in [4.78, 5) is 12.1. The van der Waals surface area contributed by atoms with Crippen LogP contribution in [0.2, 0.25) is 0 Å². The summed E-state index contributed by atoms with van der Waals surface area (Å²) in [5.74, 6) is 1.40. The van der Waals surface area contributed by atoms with E-state index in [-0.39, 0.29) is 5.91 Å². The van der Waals surface area contributed by atoms with Gasteiger partial charge in [-0.3, -0.25) is 4.79 Å². The molecule has 0 aliphatic heterocycles. The third-order valence-electron chi connectivity index (χ3n) is 2.85. The molecular formula is C17H19NO3. The van der Waals surface area contributed by atoms with E-state index in [0.717, 1.165) is 17.2 Å². The number of ether oxygens (including phenoxy) is 2. The maximum absolute atomic E-state index is 12.1. The first-order valence-electron chi connectivity index (χ1n) is 7.00. The number of carbonyl (C=O) groups excluding carboxylic acids is 1. The van der Waals surface area contributed by atoms with Gasteiger partial charge in [0.1, 0.15) is 11.5 Å². The Morgan fingerprint density at radius 2 is 1.33 bits per heavy atom. The van der Waals surface area contributed by atoms with Gasteiger partial charge in [-0.05, 0) is 62.4 Å². The van der Waals surface area contributed by atoms with Gasteiger partial charge in [0.2, 0.25) is 0 Å². The number of amides is 1. The van der Waals surface area contributed by atoms with Gasteiger partial charge in [-0.15, -0.1) is 0 Å². The largest absolute Gasteiger partial charge is 0.494 e. The van der Waals surface area contributed by atoms with Crippen molar-refractivity contribution in [1.29, 1.82) is 0 Å². The van der Waals surface area contributed by atoms with Crippen LogP contribution in [0.3, 0.4) is 0 Å². The monoisotopic (exact) mass is 285 g/mol. The van der Waals surface area contributed by atoms with Crippen LogP contribution >= 0.6 is 0 Å². The number of benzene rings is 2. The zero-order valence-corrected chi connectivity index (χ0v) is 12.3. The zero-order chi connectivity index (χ0) is 15.1. The highest BCUT2D eigenvalue weighted by Gasteiger charge is 2.06. The molecule has 0 radical (unpaired) electrons. The van der Waals surface area contributed by atoms with Crippen LogP contribution in [-0.4, -0.2) is 19.1 Å². The molecule has 0 atom stereocenters. The molecule has 1 amide bonds. The average molecular weight is 285 g/mol. The van der Waals surface area contributed by atoms with Crippen molar-refractivity contribution >= 4 is 11.6 Å². The van der Waals surface area contributed by atoms with Crippen molar-refractivity contribution in [2.45, 2.75) is 13.8 Å². The highest BCUT2D eigenvalue weighted by molar-refractivity contribution is 6.04. The second-order valence-electron chi connectivity index (χ2n) is 4.37.